The molecule has 0 saturated heterocycles. The molecule has 5 rings (SSSR count). The highest BCUT2D eigenvalue weighted by atomic mass is 16.3. The first-order valence-electron chi connectivity index (χ1n) is 8.64. The zero-order valence-electron chi connectivity index (χ0n) is 14.6. The monoisotopic (exact) mass is 328 g/mol. The molecule has 25 heavy (non-hydrogen) atoms. The van der Waals surface area contributed by atoms with Crippen LogP contribution in [0.15, 0.2) is 65.1 Å². The van der Waals surface area contributed by atoms with Gasteiger partial charge in [0.15, 0.2) is 5.58 Å². The summed E-state index contributed by atoms with van der Waals surface area (Å²) in [6.45, 7) is 6.56. The second kappa shape index (κ2) is 4.79. The predicted octanol–water partition coefficient (Wildman–Crippen LogP) is 6.19. The molecule has 124 valence electrons. The van der Waals surface area contributed by atoms with E-state index in [0.29, 0.717) is 0 Å². The minimum atomic E-state index is -0.234. The van der Waals surface area contributed by atoms with E-state index in [1.165, 1.54) is 11.3 Å². The maximum absolute atomic E-state index is 6.32. The fourth-order valence-corrected chi connectivity index (χ4v) is 4.01. The summed E-state index contributed by atoms with van der Waals surface area (Å²) in [5, 5.41) is 5.96. The topological polar surface area (TPSA) is 28.4 Å². The number of furan rings is 1. The number of benzene rings is 3. The summed E-state index contributed by atoms with van der Waals surface area (Å²) in [5.74, 6) is 0. The lowest BCUT2D eigenvalue weighted by molar-refractivity contribution is 0.594. The first-order valence-corrected chi connectivity index (χ1v) is 8.64. The van der Waals surface area contributed by atoms with Crippen molar-refractivity contribution in [1.82, 2.24) is 0 Å². The number of hydrogen-bond acceptors (Lipinski definition) is 3. The minimum Gasteiger partial charge on any atom is -0.454 e. The van der Waals surface area contributed by atoms with E-state index >= 15 is 0 Å². The number of fused-ring (bicyclic) bond motifs is 4. The van der Waals surface area contributed by atoms with Crippen LogP contribution in [-0.2, 0) is 0 Å². The largest absolute Gasteiger partial charge is 0.454 e. The molecular weight excluding hydrogens is 308 g/mol. The van der Waals surface area contributed by atoms with Crippen molar-refractivity contribution in [2.75, 3.05) is 10.2 Å². The van der Waals surface area contributed by atoms with E-state index in [9.17, 15) is 0 Å². The summed E-state index contributed by atoms with van der Waals surface area (Å²) in [6, 6.07) is 21.1. The minimum absolute atomic E-state index is 0.234. The molecule has 1 aliphatic heterocycles. The van der Waals surface area contributed by atoms with Gasteiger partial charge in [0, 0.05) is 10.8 Å². The fourth-order valence-electron chi connectivity index (χ4n) is 4.01. The molecule has 0 fully saturated rings. The molecule has 1 N–H and O–H groups in total. The van der Waals surface area contributed by atoms with Crippen molar-refractivity contribution in [1.29, 1.82) is 0 Å². The van der Waals surface area contributed by atoms with Gasteiger partial charge < -0.3 is 14.6 Å². The van der Waals surface area contributed by atoms with Crippen molar-refractivity contribution in [3.63, 3.8) is 0 Å². The quantitative estimate of drug-likeness (QED) is 0.451. The first-order chi connectivity index (χ1) is 12.1. The van der Waals surface area contributed by atoms with Crippen LogP contribution in [0, 0.1) is 6.92 Å². The third kappa shape index (κ3) is 1.92. The van der Waals surface area contributed by atoms with E-state index in [0.717, 1.165) is 33.3 Å². The summed E-state index contributed by atoms with van der Waals surface area (Å²) in [5.41, 5.74) is 6.33. The molecule has 0 saturated carbocycles. The van der Waals surface area contributed by atoms with Crippen LogP contribution in [0.25, 0.3) is 21.9 Å². The van der Waals surface area contributed by atoms with Gasteiger partial charge in [0.1, 0.15) is 11.2 Å². The van der Waals surface area contributed by atoms with Crippen LogP contribution in [0.4, 0.5) is 17.1 Å². The molecule has 0 radical (unpaired) electrons. The Balaban J connectivity index is 1.87. The summed E-state index contributed by atoms with van der Waals surface area (Å²) in [6.07, 6.45) is 0. The van der Waals surface area contributed by atoms with Gasteiger partial charge in [-0.25, -0.2) is 0 Å². The van der Waals surface area contributed by atoms with E-state index in [1.807, 2.05) is 12.1 Å². The van der Waals surface area contributed by atoms with E-state index in [1.54, 1.807) is 0 Å². The third-order valence-electron chi connectivity index (χ3n) is 5.09. The van der Waals surface area contributed by atoms with Gasteiger partial charge >= 0.3 is 0 Å². The lowest BCUT2D eigenvalue weighted by Crippen LogP contribution is -2.42. The van der Waals surface area contributed by atoms with Gasteiger partial charge in [0.25, 0.3) is 0 Å². The molecule has 0 spiro atoms. The summed E-state index contributed by atoms with van der Waals surface area (Å²) < 4.78 is 6.32. The Labute approximate surface area is 146 Å². The summed E-state index contributed by atoms with van der Waals surface area (Å²) >= 11 is 0. The average Bonchev–Trinajstić information content (AvgIpc) is 3.09. The van der Waals surface area contributed by atoms with Gasteiger partial charge in [0.05, 0.1) is 17.1 Å². The van der Waals surface area contributed by atoms with Crippen LogP contribution in [0.2, 0.25) is 0 Å². The van der Waals surface area contributed by atoms with Crippen molar-refractivity contribution in [2.24, 2.45) is 0 Å². The molecule has 3 aromatic carbocycles. The normalized spacial score (nSPS) is 15.6. The van der Waals surface area contributed by atoms with Crippen LogP contribution in [0.5, 0.6) is 0 Å². The van der Waals surface area contributed by atoms with Crippen molar-refractivity contribution in [3.05, 3.63) is 66.2 Å². The van der Waals surface area contributed by atoms with Gasteiger partial charge in [0.2, 0.25) is 0 Å². The Morgan fingerprint density at radius 2 is 1.64 bits per heavy atom. The van der Waals surface area contributed by atoms with Crippen LogP contribution >= 0.6 is 0 Å². The van der Waals surface area contributed by atoms with Crippen molar-refractivity contribution < 1.29 is 4.42 Å². The summed E-state index contributed by atoms with van der Waals surface area (Å²) in [4.78, 5) is 2.36. The standard InChI is InChI=1S/C22H20N2O/c1-14-12-13-16-15-8-4-7-11-19(15)25-21(16)20(14)24-18-10-6-5-9-17(18)23-22(24,2)3/h4-13,23H,1-3H3. The highest BCUT2D eigenvalue weighted by Crippen LogP contribution is 2.49. The third-order valence-corrected chi connectivity index (χ3v) is 5.09. The van der Waals surface area contributed by atoms with Gasteiger partial charge in [-0.3, -0.25) is 0 Å². The highest BCUT2D eigenvalue weighted by Gasteiger charge is 2.38. The molecule has 0 unspecified atom stereocenters. The lowest BCUT2D eigenvalue weighted by atomic mass is 10.0. The number of aryl methyl sites for hydroxylation is 1. The second-order valence-electron chi connectivity index (χ2n) is 7.24. The average molecular weight is 328 g/mol. The SMILES string of the molecule is Cc1ccc2c(oc3ccccc32)c1N1c2ccccc2NC1(C)C. The van der Waals surface area contributed by atoms with Crippen LogP contribution in [0.1, 0.15) is 19.4 Å². The molecule has 0 bridgehead atoms. The van der Waals surface area contributed by atoms with E-state index in [-0.39, 0.29) is 5.66 Å². The molecule has 3 heteroatoms. The number of nitrogens with one attached hydrogen (secondary N) is 1. The van der Waals surface area contributed by atoms with Gasteiger partial charge in [-0.05, 0) is 44.5 Å². The molecular formula is C22H20N2O. The molecule has 4 aromatic rings. The molecule has 0 aliphatic carbocycles. The number of rotatable bonds is 1. The number of nitrogens with zero attached hydrogens (tertiary/aromatic N) is 1. The van der Waals surface area contributed by atoms with E-state index < -0.39 is 0 Å². The zero-order valence-corrected chi connectivity index (χ0v) is 14.6. The molecule has 3 nitrogen and oxygen atoms in total. The Bertz CT molecular complexity index is 1120. The number of para-hydroxylation sites is 3. The maximum atomic E-state index is 6.32. The van der Waals surface area contributed by atoms with Gasteiger partial charge in [-0.2, -0.15) is 0 Å². The lowest BCUT2D eigenvalue weighted by Gasteiger charge is -2.34. The fraction of sp³-hybridized carbons (Fsp3) is 0.182. The number of anilines is 3. The highest BCUT2D eigenvalue weighted by molar-refractivity contribution is 6.10. The van der Waals surface area contributed by atoms with Crippen molar-refractivity contribution >= 4 is 39.0 Å². The van der Waals surface area contributed by atoms with Gasteiger partial charge in [-0.1, -0.05) is 42.5 Å². The molecule has 0 atom stereocenters. The van der Waals surface area contributed by atoms with Crippen LogP contribution in [-0.4, -0.2) is 5.66 Å². The first kappa shape index (κ1) is 14.4. The molecule has 1 aromatic heterocycles. The van der Waals surface area contributed by atoms with Crippen molar-refractivity contribution in [2.45, 2.75) is 26.4 Å². The summed E-state index contributed by atoms with van der Waals surface area (Å²) in [7, 11) is 0. The molecule has 1 aliphatic rings. The maximum Gasteiger partial charge on any atom is 0.159 e. The van der Waals surface area contributed by atoms with Crippen molar-refractivity contribution in [3.8, 4) is 0 Å². The zero-order chi connectivity index (χ0) is 17.2. The smallest absolute Gasteiger partial charge is 0.159 e. The Hall–Kier alpha value is -2.94. The van der Waals surface area contributed by atoms with Crippen LogP contribution < -0.4 is 10.2 Å². The second-order valence-corrected chi connectivity index (χ2v) is 7.24. The van der Waals surface area contributed by atoms with Crippen LogP contribution in [0.3, 0.4) is 0 Å². The Morgan fingerprint density at radius 3 is 2.52 bits per heavy atom. The Morgan fingerprint density at radius 1 is 0.880 bits per heavy atom. The van der Waals surface area contributed by atoms with Gasteiger partial charge in [-0.15, -0.1) is 0 Å². The van der Waals surface area contributed by atoms with E-state index in [2.05, 4.69) is 79.5 Å². The predicted molar refractivity (Wildman–Crippen MR) is 105 cm³/mol. The van der Waals surface area contributed by atoms with E-state index in [4.69, 9.17) is 4.42 Å². The number of hydrogen-bond donors (Lipinski definition) is 1. The molecule has 0 amide bonds. The molecule has 2 heterocycles. The Kier molecular flexibility index (Phi) is 2.76.